The van der Waals surface area contributed by atoms with Gasteiger partial charge in [-0.1, -0.05) is 19.9 Å². The number of carbonyl (C=O) groups is 2. The van der Waals surface area contributed by atoms with Gasteiger partial charge < -0.3 is 15.0 Å². The van der Waals surface area contributed by atoms with Crippen molar-refractivity contribution in [3.8, 4) is 0 Å². The topological polar surface area (TPSA) is 58.6 Å². The van der Waals surface area contributed by atoms with Gasteiger partial charge in [0, 0.05) is 24.7 Å². The number of rotatable bonds is 4. The van der Waals surface area contributed by atoms with Crippen molar-refractivity contribution in [1.82, 2.24) is 10.2 Å². The fourth-order valence-corrected chi connectivity index (χ4v) is 2.43. The van der Waals surface area contributed by atoms with Gasteiger partial charge in [-0.3, -0.25) is 4.79 Å². The van der Waals surface area contributed by atoms with Gasteiger partial charge in [-0.15, -0.1) is 0 Å². The van der Waals surface area contributed by atoms with Crippen LogP contribution in [0.4, 0.5) is 9.18 Å². The van der Waals surface area contributed by atoms with E-state index in [1.54, 1.807) is 11.0 Å². The van der Waals surface area contributed by atoms with Crippen molar-refractivity contribution in [3.05, 3.63) is 35.6 Å². The second-order valence-electron chi connectivity index (χ2n) is 6.22. The van der Waals surface area contributed by atoms with Crippen LogP contribution < -0.4 is 5.32 Å². The zero-order valence-electron chi connectivity index (χ0n) is 13.5. The van der Waals surface area contributed by atoms with Gasteiger partial charge in [0.25, 0.3) is 5.91 Å². The molecule has 0 atom stereocenters. The first kappa shape index (κ1) is 17.2. The molecule has 0 saturated carbocycles. The van der Waals surface area contributed by atoms with Crippen molar-refractivity contribution < 1.29 is 18.7 Å². The van der Waals surface area contributed by atoms with E-state index in [2.05, 4.69) is 5.32 Å². The number of hydrogen-bond acceptors (Lipinski definition) is 3. The lowest BCUT2D eigenvalue weighted by atomic mass is 10.0. The molecule has 1 aliphatic heterocycles. The van der Waals surface area contributed by atoms with Crippen LogP contribution in [0.15, 0.2) is 24.3 Å². The summed E-state index contributed by atoms with van der Waals surface area (Å²) in [7, 11) is 0. The second kappa shape index (κ2) is 7.94. The highest BCUT2D eigenvalue weighted by Crippen LogP contribution is 2.13. The Hall–Kier alpha value is -2.11. The number of hydrogen-bond donors (Lipinski definition) is 1. The molecule has 1 fully saturated rings. The fourth-order valence-electron chi connectivity index (χ4n) is 2.43. The molecule has 2 amide bonds. The molecule has 1 heterocycles. The quantitative estimate of drug-likeness (QED) is 0.927. The van der Waals surface area contributed by atoms with Crippen LogP contribution in [-0.2, 0) is 4.74 Å². The molecule has 1 saturated heterocycles. The number of likely N-dealkylation sites (tertiary alicyclic amines) is 1. The second-order valence-corrected chi connectivity index (χ2v) is 6.22. The Morgan fingerprint density at radius 3 is 2.65 bits per heavy atom. The summed E-state index contributed by atoms with van der Waals surface area (Å²) >= 11 is 0. The molecule has 1 aromatic rings. The molecular weight excluding hydrogens is 299 g/mol. The van der Waals surface area contributed by atoms with Crippen molar-refractivity contribution in [2.24, 2.45) is 5.92 Å². The summed E-state index contributed by atoms with van der Waals surface area (Å²) in [5, 5.41) is 2.89. The summed E-state index contributed by atoms with van der Waals surface area (Å²) in [4.78, 5) is 25.6. The van der Waals surface area contributed by atoms with Crippen LogP contribution in [0.3, 0.4) is 0 Å². The maximum Gasteiger partial charge on any atom is 0.409 e. The lowest BCUT2D eigenvalue weighted by molar-refractivity contribution is 0.0785. The SMILES string of the molecule is CC(C)COC(=O)N1CCC(NC(=O)c2cccc(F)c2)CC1. The molecule has 0 aromatic heterocycles. The first-order valence-corrected chi connectivity index (χ1v) is 7.94. The van der Waals surface area contributed by atoms with Crippen molar-refractivity contribution in [2.75, 3.05) is 19.7 Å². The van der Waals surface area contributed by atoms with Gasteiger partial charge in [0.15, 0.2) is 0 Å². The van der Waals surface area contributed by atoms with Gasteiger partial charge in [0.2, 0.25) is 0 Å². The third-order valence-corrected chi connectivity index (χ3v) is 3.72. The van der Waals surface area contributed by atoms with Gasteiger partial charge in [0.05, 0.1) is 6.61 Å². The van der Waals surface area contributed by atoms with Crippen molar-refractivity contribution >= 4 is 12.0 Å². The minimum Gasteiger partial charge on any atom is -0.449 e. The molecule has 6 heteroatoms. The molecule has 1 N–H and O–H groups in total. The number of carbonyl (C=O) groups excluding carboxylic acids is 2. The molecule has 23 heavy (non-hydrogen) atoms. The van der Waals surface area contributed by atoms with E-state index in [1.807, 2.05) is 13.8 Å². The van der Waals surface area contributed by atoms with Gasteiger partial charge in [-0.2, -0.15) is 0 Å². The maximum absolute atomic E-state index is 13.1. The summed E-state index contributed by atoms with van der Waals surface area (Å²) in [6.07, 6.45) is 1.03. The Kier molecular flexibility index (Phi) is 5.96. The monoisotopic (exact) mass is 322 g/mol. The zero-order valence-corrected chi connectivity index (χ0v) is 13.5. The molecule has 0 bridgehead atoms. The van der Waals surface area contributed by atoms with Crippen LogP contribution in [0.2, 0.25) is 0 Å². The average molecular weight is 322 g/mol. The number of ether oxygens (including phenoxy) is 1. The summed E-state index contributed by atoms with van der Waals surface area (Å²) < 4.78 is 18.3. The van der Waals surface area contributed by atoms with E-state index in [1.165, 1.54) is 18.2 Å². The minimum absolute atomic E-state index is 0.0140. The van der Waals surface area contributed by atoms with Crippen LogP contribution in [0, 0.1) is 11.7 Å². The molecule has 0 aliphatic carbocycles. The molecular formula is C17H23FN2O3. The fraction of sp³-hybridized carbons (Fsp3) is 0.529. The first-order chi connectivity index (χ1) is 11.0. The van der Waals surface area contributed by atoms with Crippen LogP contribution in [0.25, 0.3) is 0 Å². The van der Waals surface area contributed by atoms with Crippen LogP contribution in [0.5, 0.6) is 0 Å². The summed E-state index contributed by atoms with van der Waals surface area (Å²) in [5.41, 5.74) is 0.309. The number of halogens is 1. The molecule has 0 unspecified atom stereocenters. The Balaban J connectivity index is 1.78. The van der Waals surface area contributed by atoms with Gasteiger partial charge in [-0.25, -0.2) is 9.18 Å². The number of amides is 2. The molecule has 0 radical (unpaired) electrons. The minimum atomic E-state index is -0.430. The Morgan fingerprint density at radius 1 is 1.35 bits per heavy atom. The lowest BCUT2D eigenvalue weighted by Crippen LogP contribution is -2.46. The van der Waals surface area contributed by atoms with Crippen LogP contribution >= 0.6 is 0 Å². The van der Waals surface area contributed by atoms with Crippen LogP contribution in [0.1, 0.15) is 37.0 Å². The average Bonchev–Trinajstić information content (AvgIpc) is 2.53. The predicted octanol–water partition coefficient (Wildman–Crippen LogP) is 2.81. The van der Waals surface area contributed by atoms with E-state index < -0.39 is 5.82 Å². The number of benzene rings is 1. The van der Waals surface area contributed by atoms with Gasteiger partial charge in [0.1, 0.15) is 5.82 Å². The normalized spacial score (nSPS) is 15.6. The van der Waals surface area contributed by atoms with E-state index in [0.717, 1.165) is 0 Å². The molecule has 0 spiro atoms. The van der Waals surface area contributed by atoms with E-state index >= 15 is 0 Å². The molecule has 5 nitrogen and oxygen atoms in total. The summed E-state index contributed by atoms with van der Waals surface area (Å²) in [5.74, 6) is -0.409. The summed E-state index contributed by atoms with van der Waals surface area (Å²) in [6, 6.07) is 5.60. The van der Waals surface area contributed by atoms with E-state index in [-0.39, 0.29) is 18.0 Å². The highest BCUT2D eigenvalue weighted by molar-refractivity contribution is 5.94. The number of nitrogens with zero attached hydrogens (tertiary/aromatic N) is 1. The first-order valence-electron chi connectivity index (χ1n) is 7.94. The Labute approximate surface area is 135 Å². The molecule has 1 aliphatic rings. The van der Waals surface area contributed by atoms with Crippen molar-refractivity contribution in [1.29, 1.82) is 0 Å². The molecule has 2 rings (SSSR count). The third-order valence-electron chi connectivity index (χ3n) is 3.72. The smallest absolute Gasteiger partial charge is 0.409 e. The highest BCUT2D eigenvalue weighted by Gasteiger charge is 2.25. The van der Waals surface area contributed by atoms with Gasteiger partial charge >= 0.3 is 6.09 Å². The van der Waals surface area contributed by atoms with Crippen molar-refractivity contribution in [3.63, 3.8) is 0 Å². The Bertz CT molecular complexity index is 555. The van der Waals surface area contributed by atoms with Crippen LogP contribution in [-0.4, -0.2) is 42.6 Å². The van der Waals surface area contributed by atoms with E-state index in [0.29, 0.717) is 44.0 Å². The number of nitrogens with one attached hydrogen (secondary N) is 1. The zero-order chi connectivity index (χ0) is 16.8. The van der Waals surface area contributed by atoms with E-state index in [4.69, 9.17) is 4.74 Å². The standard InChI is InChI=1S/C17H23FN2O3/c1-12(2)11-23-17(22)20-8-6-15(7-9-20)19-16(21)13-4-3-5-14(18)10-13/h3-5,10,12,15H,6-9,11H2,1-2H3,(H,19,21). The molecule has 126 valence electrons. The lowest BCUT2D eigenvalue weighted by Gasteiger charge is -2.31. The predicted molar refractivity (Wildman–Crippen MR) is 84.6 cm³/mol. The highest BCUT2D eigenvalue weighted by atomic mass is 19.1. The van der Waals surface area contributed by atoms with Crippen molar-refractivity contribution in [2.45, 2.75) is 32.7 Å². The largest absolute Gasteiger partial charge is 0.449 e. The van der Waals surface area contributed by atoms with Gasteiger partial charge in [-0.05, 0) is 37.0 Å². The number of piperidine rings is 1. The maximum atomic E-state index is 13.1. The molecule has 1 aromatic carbocycles. The van der Waals surface area contributed by atoms with E-state index in [9.17, 15) is 14.0 Å². The Morgan fingerprint density at radius 2 is 2.04 bits per heavy atom. The summed E-state index contributed by atoms with van der Waals surface area (Å²) in [6.45, 7) is 5.48. The third kappa shape index (κ3) is 5.23.